The summed E-state index contributed by atoms with van der Waals surface area (Å²) in [6.07, 6.45) is 2.11. The second-order valence-corrected chi connectivity index (χ2v) is 5.40. The highest BCUT2D eigenvalue weighted by Gasteiger charge is 2.27. The number of carbonyl (C=O) groups is 1. The maximum atomic E-state index is 12.9. The van der Waals surface area contributed by atoms with Crippen LogP contribution >= 0.6 is 0 Å². The highest BCUT2D eigenvalue weighted by Crippen LogP contribution is 2.31. The fourth-order valence-corrected chi connectivity index (χ4v) is 2.63. The summed E-state index contributed by atoms with van der Waals surface area (Å²) in [7, 11) is 0. The van der Waals surface area contributed by atoms with Crippen LogP contribution in [-0.2, 0) is 4.79 Å². The fourth-order valence-electron chi connectivity index (χ4n) is 2.63. The van der Waals surface area contributed by atoms with Gasteiger partial charge in [0.25, 0.3) is 0 Å². The number of hydrogen-bond acceptors (Lipinski definition) is 2. The SMILES string of the molecule is CC(C)NC(=O)CN1CCCC1c1ccc(F)cc1. The number of carbonyl (C=O) groups excluding carboxylic acids is 1. The number of rotatable bonds is 4. The van der Waals surface area contributed by atoms with E-state index < -0.39 is 0 Å². The molecule has 1 aromatic carbocycles. The quantitative estimate of drug-likeness (QED) is 0.906. The molecule has 0 aliphatic carbocycles. The van der Waals surface area contributed by atoms with E-state index in [9.17, 15) is 9.18 Å². The number of likely N-dealkylation sites (tertiary alicyclic amines) is 1. The van der Waals surface area contributed by atoms with Gasteiger partial charge < -0.3 is 5.32 Å². The lowest BCUT2D eigenvalue weighted by atomic mass is 10.0. The van der Waals surface area contributed by atoms with E-state index in [0.29, 0.717) is 6.54 Å². The highest BCUT2D eigenvalue weighted by atomic mass is 19.1. The van der Waals surface area contributed by atoms with E-state index in [-0.39, 0.29) is 23.8 Å². The van der Waals surface area contributed by atoms with Gasteiger partial charge in [-0.2, -0.15) is 0 Å². The molecular formula is C15H21FN2O. The monoisotopic (exact) mass is 264 g/mol. The van der Waals surface area contributed by atoms with Gasteiger partial charge in [0.2, 0.25) is 5.91 Å². The van der Waals surface area contributed by atoms with Crippen molar-refractivity contribution in [2.24, 2.45) is 0 Å². The van der Waals surface area contributed by atoms with Crippen LogP contribution in [0.3, 0.4) is 0 Å². The predicted molar refractivity (Wildman–Crippen MR) is 73.2 cm³/mol. The Morgan fingerprint density at radius 3 is 2.74 bits per heavy atom. The number of amides is 1. The van der Waals surface area contributed by atoms with Crippen molar-refractivity contribution in [2.75, 3.05) is 13.1 Å². The van der Waals surface area contributed by atoms with E-state index in [1.807, 2.05) is 26.0 Å². The van der Waals surface area contributed by atoms with Gasteiger partial charge in [-0.1, -0.05) is 12.1 Å². The zero-order valence-corrected chi connectivity index (χ0v) is 11.5. The van der Waals surface area contributed by atoms with Crippen LogP contribution in [0.4, 0.5) is 4.39 Å². The molecule has 1 heterocycles. The summed E-state index contributed by atoms with van der Waals surface area (Å²) in [5.41, 5.74) is 1.09. The maximum Gasteiger partial charge on any atom is 0.234 e. The Kier molecular flexibility index (Phi) is 4.53. The number of nitrogens with one attached hydrogen (secondary N) is 1. The van der Waals surface area contributed by atoms with Crippen molar-refractivity contribution in [1.82, 2.24) is 10.2 Å². The molecule has 0 spiro atoms. The molecule has 19 heavy (non-hydrogen) atoms. The summed E-state index contributed by atoms with van der Waals surface area (Å²) in [5, 5.41) is 2.91. The minimum absolute atomic E-state index is 0.0593. The molecule has 104 valence electrons. The van der Waals surface area contributed by atoms with Gasteiger partial charge in [-0.3, -0.25) is 9.69 Å². The van der Waals surface area contributed by atoms with Crippen LogP contribution in [0, 0.1) is 5.82 Å². The van der Waals surface area contributed by atoms with E-state index in [1.165, 1.54) is 12.1 Å². The standard InChI is InChI=1S/C15H21FN2O/c1-11(2)17-15(19)10-18-9-3-4-14(18)12-5-7-13(16)8-6-12/h5-8,11,14H,3-4,9-10H2,1-2H3,(H,17,19). The van der Waals surface area contributed by atoms with Crippen molar-refractivity contribution < 1.29 is 9.18 Å². The largest absolute Gasteiger partial charge is 0.353 e. The normalized spacial score (nSPS) is 19.9. The minimum atomic E-state index is -0.217. The third kappa shape index (κ3) is 3.77. The summed E-state index contributed by atoms with van der Waals surface area (Å²) in [5.74, 6) is -0.158. The lowest BCUT2D eigenvalue weighted by Crippen LogP contribution is -2.39. The van der Waals surface area contributed by atoms with Crippen molar-refractivity contribution in [1.29, 1.82) is 0 Å². The van der Waals surface area contributed by atoms with Crippen LogP contribution in [0.25, 0.3) is 0 Å². The van der Waals surface area contributed by atoms with Crippen molar-refractivity contribution in [2.45, 2.75) is 38.8 Å². The van der Waals surface area contributed by atoms with Gasteiger partial charge in [-0.25, -0.2) is 4.39 Å². The zero-order valence-electron chi connectivity index (χ0n) is 11.5. The van der Waals surface area contributed by atoms with Crippen LogP contribution in [0.2, 0.25) is 0 Å². The summed E-state index contributed by atoms with van der Waals surface area (Å²) >= 11 is 0. The van der Waals surface area contributed by atoms with E-state index in [4.69, 9.17) is 0 Å². The van der Waals surface area contributed by atoms with Gasteiger partial charge in [0, 0.05) is 12.1 Å². The fraction of sp³-hybridized carbons (Fsp3) is 0.533. The summed E-state index contributed by atoms with van der Waals surface area (Å²) < 4.78 is 12.9. The van der Waals surface area contributed by atoms with Crippen LogP contribution in [0.5, 0.6) is 0 Å². The van der Waals surface area contributed by atoms with Crippen molar-refractivity contribution >= 4 is 5.91 Å². The molecule has 0 bridgehead atoms. The predicted octanol–water partition coefficient (Wildman–Crippen LogP) is 2.49. The first kappa shape index (κ1) is 14.0. The number of benzene rings is 1. The molecule has 1 saturated heterocycles. The van der Waals surface area contributed by atoms with Crippen LogP contribution in [0.15, 0.2) is 24.3 Å². The second kappa shape index (κ2) is 6.15. The molecule has 2 rings (SSSR count). The molecule has 1 aromatic rings. The first-order valence-electron chi connectivity index (χ1n) is 6.85. The summed E-state index contributed by atoms with van der Waals surface area (Å²) in [6, 6.07) is 7.01. The highest BCUT2D eigenvalue weighted by molar-refractivity contribution is 5.78. The molecule has 1 N–H and O–H groups in total. The molecule has 1 fully saturated rings. The molecule has 0 saturated carbocycles. The van der Waals surface area contributed by atoms with Gasteiger partial charge in [-0.15, -0.1) is 0 Å². The second-order valence-electron chi connectivity index (χ2n) is 5.40. The lowest BCUT2D eigenvalue weighted by molar-refractivity contribution is -0.122. The smallest absolute Gasteiger partial charge is 0.234 e. The minimum Gasteiger partial charge on any atom is -0.353 e. The van der Waals surface area contributed by atoms with Gasteiger partial charge in [0.15, 0.2) is 0 Å². The molecular weight excluding hydrogens is 243 g/mol. The van der Waals surface area contributed by atoms with Crippen LogP contribution in [0.1, 0.15) is 38.3 Å². The summed E-state index contributed by atoms with van der Waals surface area (Å²) in [4.78, 5) is 14.0. The molecule has 1 aliphatic rings. The molecule has 1 amide bonds. The molecule has 1 unspecified atom stereocenters. The first-order chi connectivity index (χ1) is 9.06. The van der Waals surface area contributed by atoms with Crippen LogP contribution in [-0.4, -0.2) is 29.9 Å². The summed E-state index contributed by atoms with van der Waals surface area (Å²) in [6.45, 7) is 5.26. The maximum absolute atomic E-state index is 12.9. The molecule has 1 atom stereocenters. The Balaban J connectivity index is 2.00. The Morgan fingerprint density at radius 2 is 2.11 bits per heavy atom. The van der Waals surface area contributed by atoms with E-state index in [0.717, 1.165) is 24.9 Å². The molecule has 4 heteroatoms. The first-order valence-corrected chi connectivity index (χ1v) is 6.85. The van der Waals surface area contributed by atoms with Gasteiger partial charge >= 0.3 is 0 Å². The van der Waals surface area contributed by atoms with Crippen molar-refractivity contribution in [3.63, 3.8) is 0 Å². The van der Waals surface area contributed by atoms with Crippen molar-refractivity contribution in [3.8, 4) is 0 Å². The number of halogens is 1. The number of hydrogen-bond donors (Lipinski definition) is 1. The number of nitrogens with zero attached hydrogens (tertiary/aromatic N) is 1. The lowest BCUT2D eigenvalue weighted by Gasteiger charge is -2.24. The molecule has 0 radical (unpaired) electrons. The van der Waals surface area contributed by atoms with Crippen molar-refractivity contribution in [3.05, 3.63) is 35.6 Å². The van der Waals surface area contributed by atoms with E-state index >= 15 is 0 Å². The Morgan fingerprint density at radius 1 is 1.42 bits per heavy atom. The molecule has 1 aliphatic heterocycles. The zero-order chi connectivity index (χ0) is 13.8. The average Bonchev–Trinajstić information content (AvgIpc) is 2.77. The topological polar surface area (TPSA) is 32.3 Å². The molecule has 0 aromatic heterocycles. The van der Waals surface area contributed by atoms with Gasteiger partial charge in [0.1, 0.15) is 5.82 Å². The average molecular weight is 264 g/mol. The van der Waals surface area contributed by atoms with E-state index in [2.05, 4.69) is 10.2 Å². The van der Waals surface area contributed by atoms with Gasteiger partial charge in [0.05, 0.1) is 6.54 Å². The third-order valence-electron chi connectivity index (χ3n) is 3.41. The Labute approximate surface area is 113 Å². The third-order valence-corrected chi connectivity index (χ3v) is 3.41. The Hall–Kier alpha value is -1.42. The molecule has 3 nitrogen and oxygen atoms in total. The Bertz CT molecular complexity index is 430. The van der Waals surface area contributed by atoms with E-state index in [1.54, 1.807) is 0 Å². The van der Waals surface area contributed by atoms with Gasteiger partial charge in [-0.05, 0) is 50.9 Å². The van der Waals surface area contributed by atoms with Crippen LogP contribution < -0.4 is 5.32 Å².